The Morgan fingerprint density at radius 1 is 1.00 bits per heavy atom. The molecule has 0 radical (unpaired) electrons. The number of rotatable bonds is 6. The average Bonchev–Trinajstić information content (AvgIpc) is 3.43. The third-order valence-corrected chi connectivity index (χ3v) is 4.77. The highest BCUT2D eigenvalue weighted by molar-refractivity contribution is 6.07. The molecule has 0 aliphatic heterocycles. The first kappa shape index (κ1) is 22.2. The van der Waals surface area contributed by atoms with E-state index in [0.717, 1.165) is 12.1 Å². The fourth-order valence-electron chi connectivity index (χ4n) is 3.31. The summed E-state index contributed by atoms with van der Waals surface area (Å²) in [6.45, 7) is 0.0314. The summed E-state index contributed by atoms with van der Waals surface area (Å²) >= 11 is 0. The second kappa shape index (κ2) is 8.83. The third kappa shape index (κ3) is 4.60. The maximum Gasteiger partial charge on any atom is 0.418 e. The number of carbonyl (C=O) groups is 2. The zero-order chi connectivity index (χ0) is 23.6. The highest BCUT2D eigenvalue weighted by Gasteiger charge is 2.35. The van der Waals surface area contributed by atoms with E-state index in [1.807, 2.05) is 0 Å². The lowest BCUT2D eigenvalue weighted by molar-refractivity contribution is -0.136. The van der Waals surface area contributed by atoms with E-state index >= 15 is 0 Å². The smallest absolute Gasteiger partial charge is 0.418 e. The SMILES string of the molecule is COCc1c(C(=O)Nc2ccc(NC(=O)c3ccco3)cc2C(F)(F)F)oc2ccccc12. The lowest BCUT2D eigenvalue weighted by atomic mass is 10.1. The summed E-state index contributed by atoms with van der Waals surface area (Å²) < 4.78 is 56.9. The van der Waals surface area contributed by atoms with Crippen molar-refractivity contribution in [2.24, 2.45) is 0 Å². The van der Waals surface area contributed by atoms with E-state index in [1.54, 1.807) is 24.3 Å². The number of nitrogens with one attached hydrogen (secondary N) is 2. The molecule has 2 aromatic heterocycles. The van der Waals surface area contributed by atoms with Gasteiger partial charge in [0.15, 0.2) is 11.5 Å². The molecule has 0 aliphatic rings. The Morgan fingerprint density at radius 3 is 2.48 bits per heavy atom. The Balaban J connectivity index is 1.65. The minimum atomic E-state index is -4.81. The van der Waals surface area contributed by atoms with Crippen LogP contribution in [0.1, 0.15) is 32.2 Å². The molecule has 7 nitrogen and oxygen atoms in total. The predicted octanol–water partition coefficient (Wildman–Crippen LogP) is 5.70. The van der Waals surface area contributed by atoms with Gasteiger partial charge in [-0.1, -0.05) is 18.2 Å². The highest BCUT2D eigenvalue weighted by Crippen LogP contribution is 2.37. The number of amides is 2. The highest BCUT2D eigenvalue weighted by atomic mass is 19.4. The van der Waals surface area contributed by atoms with Crippen molar-refractivity contribution >= 4 is 34.2 Å². The van der Waals surface area contributed by atoms with Gasteiger partial charge in [0.2, 0.25) is 0 Å². The summed E-state index contributed by atoms with van der Waals surface area (Å²) in [7, 11) is 1.43. The number of methoxy groups -OCH3 is 1. The van der Waals surface area contributed by atoms with Crippen molar-refractivity contribution in [3.8, 4) is 0 Å². The van der Waals surface area contributed by atoms with E-state index in [1.165, 1.54) is 31.6 Å². The maximum absolute atomic E-state index is 13.7. The number of benzene rings is 2. The lowest BCUT2D eigenvalue weighted by Gasteiger charge is -2.15. The van der Waals surface area contributed by atoms with Gasteiger partial charge < -0.3 is 24.2 Å². The number of anilines is 2. The Hall–Kier alpha value is -4.05. The van der Waals surface area contributed by atoms with E-state index in [4.69, 9.17) is 13.6 Å². The molecule has 0 saturated heterocycles. The Labute approximate surface area is 185 Å². The summed E-state index contributed by atoms with van der Waals surface area (Å²) in [5, 5.41) is 5.22. The first-order valence-electron chi connectivity index (χ1n) is 9.64. The van der Waals surface area contributed by atoms with Crippen molar-refractivity contribution in [2.45, 2.75) is 12.8 Å². The van der Waals surface area contributed by atoms with Gasteiger partial charge >= 0.3 is 6.18 Å². The summed E-state index contributed by atoms with van der Waals surface area (Å²) in [5.41, 5.74) is -0.932. The molecule has 0 aliphatic carbocycles. The van der Waals surface area contributed by atoms with Crippen LogP contribution in [0, 0.1) is 0 Å². The number of hydrogen-bond acceptors (Lipinski definition) is 5. The minimum absolute atomic E-state index is 0.0314. The molecule has 2 amide bonds. The summed E-state index contributed by atoms with van der Waals surface area (Å²) in [5.74, 6) is -1.79. The van der Waals surface area contributed by atoms with E-state index in [2.05, 4.69) is 10.6 Å². The topological polar surface area (TPSA) is 93.7 Å². The number of hydrogen-bond donors (Lipinski definition) is 2. The van der Waals surface area contributed by atoms with Crippen LogP contribution in [0.15, 0.2) is 69.7 Å². The van der Waals surface area contributed by atoms with Gasteiger partial charge in [-0.15, -0.1) is 0 Å². The van der Waals surface area contributed by atoms with Gasteiger partial charge in [0.25, 0.3) is 11.8 Å². The second-order valence-electron chi connectivity index (χ2n) is 6.98. The van der Waals surface area contributed by atoms with Gasteiger partial charge in [-0.25, -0.2) is 0 Å². The van der Waals surface area contributed by atoms with Gasteiger partial charge in [-0.05, 0) is 36.4 Å². The fourth-order valence-corrected chi connectivity index (χ4v) is 3.31. The zero-order valence-electron chi connectivity index (χ0n) is 17.2. The summed E-state index contributed by atoms with van der Waals surface area (Å²) in [6, 6.07) is 12.7. The number of ether oxygens (including phenoxy) is 1. The number of para-hydroxylation sites is 1. The van der Waals surface area contributed by atoms with Gasteiger partial charge in [-0.3, -0.25) is 9.59 Å². The molecule has 2 N–H and O–H groups in total. The standard InChI is InChI=1S/C23H17F3N2O5/c1-31-12-15-14-5-2-3-6-18(14)33-20(15)22(30)28-17-9-8-13(11-16(17)23(24,25)26)27-21(29)19-7-4-10-32-19/h2-11H,12H2,1H3,(H,27,29)(H,28,30). The van der Waals surface area contributed by atoms with Crippen molar-refractivity contribution in [1.82, 2.24) is 0 Å². The van der Waals surface area contributed by atoms with Gasteiger partial charge in [0, 0.05) is 23.7 Å². The van der Waals surface area contributed by atoms with Gasteiger partial charge in [0.05, 0.1) is 24.1 Å². The van der Waals surface area contributed by atoms with Crippen molar-refractivity contribution in [3.63, 3.8) is 0 Å². The summed E-state index contributed by atoms with van der Waals surface area (Å²) in [6.07, 6.45) is -3.54. The Bertz CT molecular complexity index is 1310. The first-order chi connectivity index (χ1) is 15.8. The second-order valence-corrected chi connectivity index (χ2v) is 6.98. The molecular weight excluding hydrogens is 441 g/mol. The molecule has 170 valence electrons. The Morgan fingerprint density at radius 2 is 1.79 bits per heavy atom. The van der Waals surface area contributed by atoms with Crippen molar-refractivity contribution in [2.75, 3.05) is 17.7 Å². The Kier molecular flexibility index (Phi) is 5.93. The van der Waals surface area contributed by atoms with E-state index in [9.17, 15) is 22.8 Å². The molecule has 4 aromatic rings. The monoisotopic (exact) mass is 458 g/mol. The number of furan rings is 2. The maximum atomic E-state index is 13.7. The first-order valence-corrected chi connectivity index (χ1v) is 9.64. The molecule has 2 aromatic carbocycles. The van der Waals surface area contributed by atoms with Gasteiger partial charge in [0.1, 0.15) is 5.58 Å². The van der Waals surface area contributed by atoms with E-state index in [-0.39, 0.29) is 23.8 Å². The van der Waals surface area contributed by atoms with Crippen LogP contribution in [-0.4, -0.2) is 18.9 Å². The number of carbonyl (C=O) groups excluding carboxylic acids is 2. The molecule has 33 heavy (non-hydrogen) atoms. The lowest BCUT2D eigenvalue weighted by Crippen LogP contribution is -2.18. The molecule has 0 fully saturated rings. The van der Waals surface area contributed by atoms with Crippen LogP contribution in [0.3, 0.4) is 0 Å². The normalized spacial score (nSPS) is 11.5. The molecule has 0 unspecified atom stereocenters. The van der Waals surface area contributed by atoms with Crippen LogP contribution in [0.5, 0.6) is 0 Å². The van der Waals surface area contributed by atoms with Crippen LogP contribution in [0.4, 0.5) is 24.5 Å². The molecule has 4 rings (SSSR count). The largest absolute Gasteiger partial charge is 0.459 e. The van der Waals surface area contributed by atoms with Crippen LogP contribution in [0.2, 0.25) is 0 Å². The summed E-state index contributed by atoms with van der Waals surface area (Å²) in [4.78, 5) is 25.0. The van der Waals surface area contributed by atoms with Crippen molar-refractivity contribution < 1.29 is 36.3 Å². The molecule has 0 bridgehead atoms. The van der Waals surface area contributed by atoms with Crippen LogP contribution in [0.25, 0.3) is 11.0 Å². The van der Waals surface area contributed by atoms with Crippen LogP contribution >= 0.6 is 0 Å². The third-order valence-electron chi connectivity index (χ3n) is 4.77. The number of alkyl halides is 3. The predicted molar refractivity (Wildman–Crippen MR) is 113 cm³/mol. The quantitative estimate of drug-likeness (QED) is 0.387. The van der Waals surface area contributed by atoms with E-state index in [0.29, 0.717) is 16.5 Å². The molecule has 2 heterocycles. The van der Waals surface area contributed by atoms with Crippen molar-refractivity contribution in [1.29, 1.82) is 0 Å². The number of fused-ring (bicyclic) bond motifs is 1. The van der Waals surface area contributed by atoms with Crippen LogP contribution < -0.4 is 10.6 Å². The van der Waals surface area contributed by atoms with E-state index < -0.39 is 29.2 Å². The molecule has 0 saturated carbocycles. The molecule has 0 atom stereocenters. The number of halogens is 3. The zero-order valence-corrected chi connectivity index (χ0v) is 17.2. The van der Waals surface area contributed by atoms with Crippen LogP contribution in [-0.2, 0) is 17.5 Å². The fraction of sp³-hybridized carbons (Fsp3) is 0.130. The minimum Gasteiger partial charge on any atom is -0.459 e. The molecule has 0 spiro atoms. The van der Waals surface area contributed by atoms with Crippen molar-refractivity contribution in [3.05, 3.63) is 83.5 Å². The molecular formula is C23H17F3N2O5. The average molecular weight is 458 g/mol. The molecule has 10 heteroatoms. The van der Waals surface area contributed by atoms with Gasteiger partial charge in [-0.2, -0.15) is 13.2 Å².